The molecule has 0 radical (unpaired) electrons. The van der Waals surface area contributed by atoms with E-state index in [1.54, 1.807) is 18.2 Å². The highest BCUT2D eigenvalue weighted by Gasteiger charge is 2.31. The van der Waals surface area contributed by atoms with Gasteiger partial charge in [-0.2, -0.15) is 0 Å². The van der Waals surface area contributed by atoms with Crippen molar-refractivity contribution in [2.75, 3.05) is 29.6 Å². The molecule has 0 unspecified atom stereocenters. The maximum absolute atomic E-state index is 13.0. The number of nitrogen functional groups attached to an aromatic ring is 2. The fraction of sp³-hybridized carbons (Fsp3) is 0.360. The van der Waals surface area contributed by atoms with Gasteiger partial charge in [-0.3, -0.25) is 15.5 Å². The number of hydrazine groups is 1. The van der Waals surface area contributed by atoms with E-state index in [1.807, 2.05) is 37.1 Å². The predicted octanol–water partition coefficient (Wildman–Crippen LogP) is 2.72. The van der Waals surface area contributed by atoms with Crippen LogP contribution >= 0.6 is 0 Å². The predicted molar refractivity (Wildman–Crippen MR) is 136 cm³/mol. The minimum absolute atomic E-state index is 0.00577. The van der Waals surface area contributed by atoms with E-state index in [0.717, 1.165) is 54.3 Å². The van der Waals surface area contributed by atoms with E-state index >= 15 is 0 Å². The maximum atomic E-state index is 13.0. The zero-order valence-corrected chi connectivity index (χ0v) is 20.1. The van der Waals surface area contributed by atoms with Crippen molar-refractivity contribution < 1.29 is 4.79 Å². The molecule has 4 heterocycles. The third-order valence-electron chi connectivity index (χ3n) is 6.74. The molecule has 2 aliphatic rings. The van der Waals surface area contributed by atoms with Crippen molar-refractivity contribution in [2.45, 2.75) is 45.8 Å². The first-order chi connectivity index (χ1) is 16.9. The lowest BCUT2D eigenvalue weighted by molar-refractivity contribution is 0.0613. The molecule has 10 nitrogen and oxygen atoms in total. The lowest BCUT2D eigenvalue weighted by atomic mass is 10.0. The molecule has 1 amide bonds. The van der Waals surface area contributed by atoms with Crippen LogP contribution in [-0.2, 0) is 13.1 Å². The number of aromatic nitrogens is 3. The van der Waals surface area contributed by atoms with Gasteiger partial charge in [-0.25, -0.2) is 15.0 Å². The monoisotopic (exact) mass is 473 g/mol. The Morgan fingerprint density at radius 3 is 2.63 bits per heavy atom. The van der Waals surface area contributed by atoms with Gasteiger partial charge in [0.2, 0.25) is 5.95 Å². The van der Waals surface area contributed by atoms with Gasteiger partial charge in [0.05, 0.1) is 17.1 Å². The van der Waals surface area contributed by atoms with E-state index in [-0.39, 0.29) is 5.91 Å². The number of hydrogen-bond acceptors (Lipinski definition) is 9. The number of nitrogens with zero attached hydrogens (tertiary/aromatic N) is 5. The molecule has 1 aromatic carbocycles. The summed E-state index contributed by atoms with van der Waals surface area (Å²) in [7, 11) is 0. The van der Waals surface area contributed by atoms with Gasteiger partial charge < -0.3 is 21.4 Å². The highest BCUT2D eigenvalue weighted by molar-refractivity contribution is 5.96. The molecule has 0 saturated carbocycles. The summed E-state index contributed by atoms with van der Waals surface area (Å²) in [5.74, 6) is 6.83. The number of likely N-dealkylation sites (tertiary alicyclic amines) is 1. The molecular formula is C25H31N9O. The summed E-state index contributed by atoms with van der Waals surface area (Å²) in [6, 6.07) is 9.59. The molecule has 1 saturated heterocycles. The van der Waals surface area contributed by atoms with Crippen molar-refractivity contribution in [3.05, 3.63) is 64.6 Å². The molecule has 1 fully saturated rings. The Hall–Kier alpha value is -3.76. The number of hydrogen-bond donors (Lipinski definition) is 4. The van der Waals surface area contributed by atoms with E-state index in [9.17, 15) is 4.79 Å². The molecule has 35 heavy (non-hydrogen) atoms. The smallest absolute Gasteiger partial charge is 0.253 e. The van der Waals surface area contributed by atoms with E-state index in [4.69, 9.17) is 16.6 Å². The van der Waals surface area contributed by atoms with Crippen molar-refractivity contribution in [3.63, 3.8) is 0 Å². The maximum Gasteiger partial charge on any atom is 0.253 e. The van der Waals surface area contributed by atoms with Crippen LogP contribution in [0, 0.1) is 13.8 Å². The first-order valence-corrected chi connectivity index (χ1v) is 11.9. The summed E-state index contributed by atoms with van der Waals surface area (Å²) in [4.78, 5) is 31.1. The van der Waals surface area contributed by atoms with E-state index in [2.05, 4.69) is 25.6 Å². The van der Waals surface area contributed by atoms with Crippen molar-refractivity contribution in [2.24, 2.45) is 5.84 Å². The molecule has 2 aliphatic heterocycles. The van der Waals surface area contributed by atoms with Crippen LogP contribution in [-0.4, -0.2) is 49.8 Å². The van der Waals surface area contributed by atoms with Crippen molar-refractivity contribution in [1.82, 2.24) is 24.8 Å². The summed E-state index contributed by atoms with van der Waals surface area (Å²) < 4.78 is 0. The van der Waals surface area contributed by atoms with Gasteiger partial charge in [0.25, 0.3) is 5.91 Å². The number of anilines is 4. The highest BCUT2D eigenvalue weighted by atomic mass is 16.2. The van der Waals surface area contributed by atoms with Crippen LogP contribution in [0.25, 0.3) is 0 Å². The Labute approximate surface area is 204 Å². The highest BCUT2D eigenvalue weighted by Crippen LogP contribution is 2.29. The second kappa shape index (κ2) is 9.47. The third kappa shape index (κ3) is 4.89. The first-order valence-electron chi connectivity index (χ1n) is 11.9. The summed E-state index contributed by atoms with van der Waals surface area (Å²) in [6.07, 6.45) is 3.75. The summed E-state index contributed by atoms with van der Waals surface area (Å²) >= 11 is 0. The van der Waals surface area contributed by atoms with Crippen LogP contribution < -0.4 is 22.3 Å². The zero-order valence-electron chi connectivity index (χ0n) is 20.1. The molecule has 3 aromatic rings. The second-order valence-electron chi connectivity index (χ2n) is 9.34. The molecule has 0 aliphatic carbocycles. The van der Waals surface area contributed by atoms with Gasteiger partial charge >= 0.3 is 0 Å². The van der Waals surface area contributed by atoms with Gasteiger partial charge in [0, 0.05) is 55.2 Å². The topological polar surface area (TPSA) is 138 Å². The minimum Gasteiger partial charge on any atom is -0.397 e. The Balaban J connectivity index is 1.19. The third-order valence-corrected chi connectivity index (χ3v) is 6.74. The number of nitrogens with two attached hydrogens (primary N) is 2. The number of carbonyl (C=O) groups excluding carboxylic acids is 1. The number of benzene rings is 1. The number of nitrogens with one attached hydrogen (secondary N) is 2. The molecule has 5 rings (SSSR count). The van der Waals surface area contributed by atoms with E-state index < -0.39 is 0 Å². The van der Waals surface area contributed by atoms with Crippen molar-refractivity contribution in [3.8, 4) is 0 Å². The van der Waals surface area contributed by atoms with Crippen molar-refractivity contribution in [1.29, 1.82) is 0 Å². The molecule has 0 bridgehead atoms. The van der Waals surface area contributed by atoms with Gasteiger partial charge in [0.15, 0.2) is 0 Å². The minimum atomic E-state index is 0.00577. The van der Waals surface area contributed by atoms with Crippen LogP contribution in [0.1, 0.15) is 45.7 Å². The van der Waals surface area contributed by atoms with Gasteiger partial charge in [-0.05, 0) is 62.6 Å². The SMILES string of the molecule is Cc1cc(C)nc(Nc2ncc3c(n2)CN(C2CCN(C(=O)c4ccc(N)c(NN)c4)CC2)C3)c1. The number of pyridine rings is 1. The fourth-order valence-electron chi connectivity index (χ4n) is 4.95. The molecule has 2 aromatic heterocycles. The Bertz CT molecular complexity index is 1230. The number of rotatable bonds is 5. The lowest BCUT2D eigenvalue weighted by Crippen LogP contribution is -2.45. The van der Waals surface area contributed by atoms with Crippen LogP contribution in [0.5, 0.6) is 0 Å². The number of carbonyl (C=O) groups is 1. The van der Waals surface area contributed by atoms with Gasteiger partial charge in [-0.1, -0.05) is 0 Å². The van der Waals surface area contributed by atoms with Crippen LogP contribution in [0.4, 0.5) is 23.1 Å². The first kappa shape index (κ1) is 23.0. The molecular weight excluding hydrogens is 442 g/mol. The summed E-state index contributed by atoms with van der Waals surface area (Å²) in [6.45, 7) is 7.06. The average Bonchev–Trinajstić information content (AvgIpc) is 3.27. The Kier molecular flexibility index (Phi) is 6.23. The van der Waals surface area contributed by atoms with Crippen LogP contribution in [0.15, 0.2) is 36.5 Å². The van der Waals surface area contributed by atoms with Crippen LogP contribution in [0.3, 0.4) is 0 Å². The quantitative estimate of drug-likeness (QED) is 0.250. The molecule has 6 N–H and O–H groups in total. The molecule has 182 valence electrons. The van der Waals surface area contributed by atoms with E-state index in [0.29, 0.717) is 42.0 Å². The summed E-state index contributed by atoms with van der Waals surface area (Å²) in [5.41, 5.74) is 14.4. The number of fused-ring (bicyclic) bond motifs is 1. The zero-order chi connectivity index (χ0) is 24.5. The Morgan fingerprint density at radius 2 is 1.89 bits per heavy atom. The average molecular weight is 474 g/mol. The number of amides is 1. The normalized spacial score (nSPS) is 16.3. The van der Waals surface area contributed by atoms with Gasteiger partial charge in [0.1, 0.15) is 5.82 Å². The largest absolute Gasteiger partial charge is 0.397 e. The second-order valence-corrected chi connectivity index (χ2v) is 9.34. The van der Waals surface area contributed by atoms with E-state index in [1.165, 1.54) is 0 Å². The molecule has 10 heteroatoms. The molecule has 0 atom stereocenters. The summed E-state index contributed by atoms with van der Waals surface area (Å²) in [5, 5.41) is 3.24. The van der Waals surface area contributed by atoms with Gasteiger partial charge in [-0.15, -0.1) is 0 Å². The standard InChI is InChI=1S/C25H31N9O/c1-15-9-16(2)29-23(10-15)31-25-28-12-18-13-34(14-22(18)30-25)19-5-7-33(8-6-19)24(35)17-3-4-20(26)21(11-17)32-27/h3-4,9-12,19,32H,5-8,13-14,26-27H2,1-2H3,(H,28,29,30,31). The lowest BCUT2D eigenvalue weighted by Gasteiger charge is -2.36. The number of aryl methyl sites for hydroxylation is 2. The fourth-order valence-corrected chi connectivity index (χ4v) is 4.95. The molecule has 0 spiro atoms. The Morgan fingerprint density at radius 1 is 1.09 bits per heavy atom. The van der Waals surface area contributed by atoms with Crippen molar-refractivity contribution >= 4 is 29.0 Å². The number of piperidine rings is 1. The van der Waals surface area contributed by atoms with Crippen LogP contribution in [0.2, 0.25) is 0 Å².